The van der Waals surface area contributed by atoms with Crippen molar-refractivity contribution in [2.45, 2.75) is 62.3 Å². The van der Waals surface area contributed by atoms with Gasteiger partial charge in [0.15, 0.2) is 0 Å². The molecular formula is C18H39NO2. The van der Waals surface area contributed by atoms with Crippen molar-refractivity contribution in [1.82, 2.24) is 5.32 Å². The Bertz CT molecular complexity index is 236. The summed E-state index contributed by atoms with van der Waals surface area (Å²) >= 11 is 0. The van der Waals surface area contributed by atoms with Gasteiger partial charge in [-0.25, -0.2) is 0 Å². The highest BCUT2D eigenvalue weighted by Gasteiger charge is 1.80. The number of methoxy groups -OCH3 is 1. The largest absolute Gasteiger partial charge is 0.497 e. The Hall–Kier alpha value is -1.51. The highest BCUT2D eigenvalue weighted by Crippen LogP contribution is 2.05. The van der Waals surface area contributed by atoms with Crippen molar-refractivity contribution in [3.8, 4) is 5.75 Å². The Morgan fingerprint density at radius 2 is 1.14 bits per heavy atom. The Morgan fingerprint density at radius 1 is 0.857 bits per heavy atom. The van der Waals surface area contributed by atoms with E-state index in [1.165, 1.54) is 6.92 Å². The van der Waals surface area contributed by atoms with Crippen LogP contribution in [0.2, 0.25) is 0 Å². The molecule has 0 saturated heterocycles. The minimum atomic E-state index is 0.00463. The summed E-state index contributed by atoms with van der Waals surface area (Å²) in [6.45, 7) is 17.5. The first-order valence-corrected chi connectivity index (χ1v) is 7.98. The molecule has 0 radical (unpaired) electrons. The number of amides is 1. The molecule has 0 aromatic heterocycles. The number of rotatable bonds is 1. The molecule has 0 saturated carbocycles. The second-order valence-corrected chi connectivity index (χ2v) is 2.32. The number of ether oxygens (including phenoxy) is 1. The fourth-order valence-electron chi connectivity index (χ4n) is 0.557. The van der Waals surface area contributed by atoms with E-state index in [9.17, 15) is 4.79 Å². The summed E-state index contributed by atoms with van der Waals surface area (Å²) in [4.78, 5) is 9.70. The summed E-state index contributed by atoms with van der Waals surface area (Å²) in [5, 5.41) is 2.39. The molecule has 1 aromatic rings. The maximum absolute atomic E-state index is 9.70. The molecule has 128 valence electrons. The van der Waals surface area contributed by atoms with E-state index < -0.39 is 0 Å². The van der Waals surface area contributed by atoms with Crippen molar-refractivity contribution < 1.29 is 9.53 Å². The van der Waals surface area contributed by atoms with Crippen LogP contribution < -0.4 is 10.1 Å². The molecule has 3 heteroatoms. The van der Waals surface area contributed by atoms with Crippen molar-refractivity contribution in [3.63, 3.8) is 0 Å². The van der Waals surface area contributed by atoms with Crippen molar-refractivity contribution in [2.75, 3.05) is 14.2 Å². The lowest BCUT2D eigenvalue weighted by Crippen LogP contribution is -2.11. The standard InChI is InChI=1S/C7H8O.C3H7NO.4C2H6/c1-8-7-5-3-2-4-6-7;1-3(5)4-2;4*1-2/h2-6H,1H3;1-2H3,(H,4,5);4*1-2H3. The molecular weight excluding hydrogens is 262 g/mol. The number of carbonyl (C=O) groups is 1. The highest BCUT2D eigenvalue weighted by atomic mass is 16.5. The van der Waals surface area contributed by atoms with Crippen LogP contribution >= 0.6 is 0 Å². The minimum absolute atomic E-state index is 0.00463. The molecule has 0 heterocycles. The average molecular weight is 302 g/mol. The molecule has 1 N–H and O–H groups in total. The zero-order valence-corrected chi connectivity index (χ0v) is 16.2. The normalized spacial score (nSPS) is 6.05. The molecule has 0 aliphatic rings. The number of benzene rings is 1. The molecule has 0 bridgehead atoms. The Balaban J connectivity index is -0.0000000574. The van der Waals surface area contributed by atoms with Crippen LogP contribution in [0.5, 0.6) is 5.75 Å². The van der Waals surface area contributed by atoms with E-state index in [0.717, 1.165) is 5.75 Å². The molecule has 3 nitrogen and oxygen atoms in total. The van der Waals surface area contributed by atoms with Gasteiger partial charge in [0.1, 0.15) is 5.75 Å². The first-order valence-electron chi connectivity index (χ1n) is 7.98. The number of nitrogens with one attached hydrogen (secondary N) is 1. The maximum atomic E-state index is 9.70. The third kappa shape index (κ3) is 45.7. The number of carbonyl (C=O) groups excluding carboxylic acids is 1. The van der Waals surface area contributed by atoms with Gasteiger partial charge in [-0.05, 0) is 12.1 Å². The SMILES string of the molecule is CC.CC.CC.CC.CNC(C)=O.COc1ccccc1. The molecule has 0 aliphatic heterocycles. The van der Waals surface area contributed by atoms with E-state index in [1.807, 2.05) is 85.7 Å². The van der Waals surface area contributed by atoms with Gasteiger partial charge in [-0.15, -0.1) is 0 Å². The summed E-state index contributed by atoms with van der Waals surface area (Å²) in [5.74, 6) is 0.914. The smallest absolute Gasteiger partial charge is 0.216 e. The van der Waals surface area contributed by atoms with Gasteiger partial charge in [-0.3, -0.25) is 4.79 Å². The van der Waals surface area contributed by atoms with Crippen LogP contribution in [0.4, 0.5) is 0 Å². The predicted molar refractivity (Wildman–Crippen MR) is 98.1 cm³/mol. The predicted octanol–water partition coefficient (Wildman–Crippen LogP) is 5.55. The molecule has 1 amide bonds. The summed E-state index contributed by atoms with van der Waals surface area (Å²) < 4.78 is 4.91. The summed E-state index contributed by atoms with van der Waals surface area (Å²) in [6, 6.07) is 9.68. The molecule has 0 aliphatic carbocycles. The average Bonchev–Trinajstić information content (AvgIpc) is 2.63. The lowest BCUT2D eigenvalue weighted by atomic mass is 10.3. The maximum Gasteiger partial charge on any atom is 0.216 e. The van der Waals surface area contributed by atoms with E-state index in [4.69, 9.17) is 4.74 Å². The Morgan fingerprint density at radius 3 is 1.29 bits per heavy atom. The van der Waals surface area contributed by atoms with Crippen molar-refractivity contribution in [1.29, 1.82) is 0 Å². The second-order valence-electron chi connectivity index (χ2n) is 2.32. The zero-order chi connectivity index (χ0) is 18.1. The first-order chi connectivity index (χ1) is 10.2. The number of hydrogen-bond donors (Lipinski definition) is 1. The van der Waals surface area contributed by atoms with Gasteiger partial charge in [-0.2, -0.15) is 0 Å². The molecule has 0 spiro atoms. The molecule has 0 unspecified atom stereocenters. The van der Waals surface area contributed by atoms with Crippen molar-refractivity contribution >= 4 is 5.91 Å². The molecule has 1 rings (SSSR count). The lowest BCUT2D eigenvalue weighted by molar-refractivity contribution is -0.118. The molecule has 21 heavy (non-hydrogen) atoms. The monoisotopic (exact) mass is 301 g/mol. The van der Waals surface area contributed by atoms with Gasteiger partial charge in [0.25, 0.3) is 0 Å². The topological polar surface area (TPSA) is 38.3 Å². The summed E-state index contributed by atoms with van der Waals surface area (Å²) in [5.41, 5.74) is 0. The number of para-hydroxylation sites is 1. The van der Waals surface area contributed by atoms with Gasteiger partial charge >= 0.3 is 0 Å². The van der Waals surface area contributed by atoms with Gasteiger partial charge < -0.3 is 10.1 Å². The van der Waals surface area contributed by atoms with Crippen LogP contribution in [0.25, 0.3) is 0 Å². The van der Waals surface area contributed by atoms with E-state index in [1.54, 1.807) is 14.2 Å². The molecule has 0 atom stereocenters. The quantitative estimate of drug-likeness (QED) is 0.738. The van der Waals surface area contributed by atoms with Crippen LogP contribution in [0.15, 0.2) is 30.3 Å². The fourth-order valence-corrected chi connectivity index (χ4v) is 0.557. The van der Waals surface area contributed by atoms with Gasteiger partial charge in [0.05, 0.1) is 7.11 Å². The van der Waals surface area contributed by atoms with Crippen molar-refractivity contribution in [3.05, 3.63) is 30.3 Å². The molecule has 0 fully saturated rings. The van der Waals surface area contributed by atoms with Crippen LogP contribution in [-0.4, -0.2) is 20.1 Å². The van der Waals surface area contributed by atoms with E-state index in [2.05, 4.69) is 5.32 Å². The summed E-state index contributed by atoms with van der Waals surface area (Å²) in [6.07, 6.45) is 0. The first kappa shape index (κ1) is 31.7. The summed E-state index contributed by atoms with van der Waals surface area (Å²) in [7, 11) is 3.26. The van der Waals surface area contributed by atoms with Gasteiger partial charge in [0, 0.05) is 14.0 Å². The number of hydrogen-bond acceptors (Lipinski definition) is 2. The van der Waals surface area contributed by atoms with E-state index >= 15 is 0 Å². The Labute approximate surface area is 134 Å². The van der Waals surface area contributed by atoms with Crippen LogP contribution in [-0.2, 0) is 4.79 Å². The highest BCUT2D eigenvalue weighted by molar-refractivity contribution is 5.72. The Kier molecular flexibility index (Phi) is 64.7. The zero-order valence-electron chi connectivity index (χ0n) is 16.2. The van der Waals surface area contributed by atoms with Crippen molar-refractivity contribution in [2.24, 2.45) is 0 Å². The van der Waals surface area contributed by atoms with Crippen LogP contribution in [0.3, 0.4) is 0 Å². The van der Waals surface area contributed by atoms with E-state index in [0.29, 0.717) is 0 Å². The lowest BCUT2D eigenvalue weighted by Gasteiger charge is -1.93. The van der Waals surface area contributed by atoms with Gasteiger partial charge in [0.2, 0.25) is 5.91 Å². The molecule has 1 aromatic carbocycles. The van der Waals surface area contributed by atoms with E-state index in [-0.39, 0.29) is 5.91 Å². The van der Waals surface area contributed by atoms with Crippen LogP contribution in [0, 0.1) is 0 Å². The second kappa shape index (κ2) is 42.8. The van der Waals surface area contributed by atoms with Crippen LogP contribution in [0.1, 0.15) is 62.3 Å². The fraction of sp³-hybridized carbons (Fsp3) is 0.611. The van der Waals surface area contributed by atoms with Gasteiger partial charge in [-0.1, -0.05) is 73.6 Å². The third-order valence-corrected chi connectivity index (χ3v) is 1.33. The minimum Gasteiger partial charge on any atom is -0.497 e. The third-order valence-electron chi connectivity index (χ3n) is 1.33.